The van der Waals surface area contributed by atoms with E-state index in [0.29, 0.717) is 29.1 Å². The van der Waals surface area contributed by atoms with E-state index in [0.717, 1.165) is 28.8 Å². The highest BCUT2D eigenvalue weighted by Gasteiger charge is 2.19. The van der Waals surface area contributed by atoms with Crippen LogP contribution in [0.25, 0.3) is 16.6 Å². The van der Waals surface area contributed by atoms with Crippen molar-refractivity contribution in [3.8, 4) is 5.69 Å². The maximum absolute atomic E-state index is 13.7. The van der Waals surface area contributed by atoms with E-state index < -0.39 is 0 Å². The number of carbonyl (C=O) groups excluding carboxylic acids is 1. The number of benzene rings is 4. The van der Waals surface area contributed by atoms with Crippen LogP contribution in [0.4, 0.5) is 0 Å². The van der Waals surface area contributed by atoms with Crippen LogP contribution in [0.2, 0.25) is 0 Å². The molecule has 5 nitrogen and oxygen atoms in total. The van der Waals surface area contributed by atoms with Crippen LogP contribution in [0.3, 0.4) is 0 Å². The lowest BCUT2D eigenvalue weighted by atomic mass is 10.1. The third-order valence-corrected chi connectivity index (χ3v) is 7.54. The number of rotatable bonds is 9. The van der Waals surface area contributed by atoms with Crippen LogP contribution in [-0.4, -0.2) is 32.7 Å². The van der Waals surface area contributed by atoms with E-state index >= 15 is 0 Å². The van der Waals surface area contributed by atoms with E-state index in [9.17, 15) is 9.59 Å². The molecule has 5 rings (SSSR count). The average molecular weight is 534 g/mol. The van der Waals surface area contributed by atoms with Crippen molar-refractivity contribution in [2.75, 3.05) is 12.3 Å². The number of thioether (sulfide) groups is 1. The van der Waals surface area contributed by atoms with Crippen LogP contribution in [0.15, 0.2) is 113 Å². The van der Waals surface area contributed by atoms with Gasteiger partial charge in [-0.25, -0.2) is 4.98 Å². The minimum absolute atomic E-state index is 0.00849. The summed E-state index contributed by atoms with van der Waals surface area (Å²) in [6.07, 6.45) is 0.769. The Morgan fingerprint density at radius 3 is 2.13 bits per heavy atom. The summed E-state index contributed by atoms with van der Waals surface area (Å²) < 4.78 is 1.64. The Morgan fingerprint density at radius 2 is 1.44 bits per heavy atom. The highest BCUT2D eigenvalue weighted by atomic mass is 32.2. The number of amides is 1. The number of fused-ring (bicyclic) bond motifs is 1. The maximum Gasteiger partial charge on any atom is 0.266 e. The van der Waals surface area contributed by atoms with E-state index in [2.05, 4.69) is 18.2 Å². The van der Waals surface area contributed by atoms with Gasteiger partial charge >= 0.3 is 0 Å². The van der Waals surface area contributed by atoms with Crippen LogP contribution in [0.5, 0.6) is 0 Å². The smallest absolute Gasteiger partial charge is 0.266 e. The van der Waals surface area contributed by atoms with Gasteiger partial charge in [0.1, 0.15) is 0 Å². The molecule has 0 fully saturated rings. The summed E-state index contributed by atoms with van der Waals surface area (Å²) in [5, 5.41) is 1.07. The van der Waals surface area contributed by atoms with E-state index in [1.54, 1.807) is 10.6 Å². The highest BCUT2D eigenvalue weighted by molar-refractivity contribution is 7.99. The molecule has 1 amide bonds. The Labute approximate surface area is 233 Å². The molecule has 0 bridgehead atoms. The molecule has 4 aromatic carbocycles. The second-order valence-electron chi connectivity index (χ2n) is 9.72. The number of nitrogens with zero attached hydrogens (tertiary/aromatic N) is 3. The molecule has 1 aromatic heterocycles. The topological polar surface area (TPSA) is 55.2 Å². The quantitative estimate of drug-likeness (QED) is 0.163. The minimum atomic E-state index is -0.134. The Hall–Kier alpha value is -4.16. The zero-order valence-corrected chi connectivity index (χ0v) is 23.0. The molecule has 0 aliphatic heterocycles. The van der Waals surface area contributed by atoms with Gasteiger partial charge in [-0.15, -0.1) is 0 Å². The number of para-hydroxylation sites is 1. The van der Waals surface area contributed by atoms with Crippen LogP contribution in [-0.2, 0) is 17.8 Å². The second kappa shape index (κ2) is 12.1. The summed E-state index contributed by atoms with van der Waals surface area (Å²) in [6, 6.07) is 33.7. The largest absolute Gasteiger partial charge is 0.337 e. The number of hydrogen-bond donors (Lipinski definition) is 0. The third-order valence-electron chi connectivity index (χ3n) is 6.62. The van der Waals surface area contributed by atoms with E-state index in [-0.39, 0.29) is 17.2 Å². The lowest BCUT2D eigenvalue weighted by Gasteiger charge is -2.23. The van der Waals surface area contributed by atoms with Gasteiger partial charge < -0.3 is 4.90 Å². The van der Waals surface area contributed by atoms with Crippen molar-refractivity contribution in [1.82, 2.24) is 14.5 Å². The molecule has 5 aromatic rings. The van der Waals surface area contributed by atoms with Crippen molar-refractivity contribution in [1.29, 1.82) is 0 Å². The summed E-state index contributed by atoms with van der Waals surface area (Å²) in [6.45, 7) is 5.16. The Morgan fingerprint density at radius 1 is 0.821 bits per heavy atom. The number of aryl methyl sites for hydroxylation is 2. The second-order valence-corrected chi connectivity index (χ2v) is 10.7. The average Bonchev–Trinajstić information content (AvgIpc) is 2.94. The Balaban J connectivity index is 1.44. The fraction of sp³-hybridized carbons (Fsp3) is 0.182. The zero-order valence-electron chi connectivity index (χ0n) is 22.2. The van der Waals surface area contributed by atoms with Gasteiger partial charge in [0.15, 0.2) is 5.16 Å². The molecule has 0 radical (unpaired) electrons. The van der Waals surface area contributed by atoms with Crippen molar-refractivity contribution in [2.24, 2.45) is 0 Å². The molecule has 0 aliphatic carbocycles. The first kappa shape index (κ1) is 26.4. The van der Waals surface area contributed by atoms with Gasteiger partial charge in [-0.3, -0.25) is 14.2 Å². The molecule has 0 unspecified atom stereocenters. The third kappa shape index (κ3) is 6.47. The summed E-state index contributed by atoms with van der Waals surface area (Å²) in [5.41, 5.74) is 5.65. The van der Waals surface area contributed by atoms with E-state index in [1.807, 2.05) is 97.6 Å². The van der Waals surface area contributed by atoms with Crippen molar-refractivity contribution in [3.63, 3.8) is 0 Å². The van der Waals surface area contributed by atoms with Gasteiger partial charge in [0, 0.05) is 13.1 Å². The zero-order chi connectivity index (χ0) is 27.2. The molecule has 0 atom stereocenters. The standard InChI is InChI=1S/C33H31N3O2S/c1-24-19-25(2)21-28(20-24)36-32(38)29-15-9-10-16-30(29)34-33(36)39-23-31(37)35(22-27-13-7-4-8-14-27)18-17-26-11-5-3-6-12-26/h3-16,19-21H,17-18,22-23H2,1-2H3. The Kier molecular flexibility index (Phi) is 8.23. The summed E-state index contributed by atoms with van der Waals surface area (Å²) >= 11 is 1.31. The molecule has 0 saturated heterocycles. The molecular weight excluding hydrogens is 502 g/mol. The molecule has 196 valence electrons. The normalized spacial score (nSPS) is 11.0. The molecule has 39 heavy (non-hydrogen) atoms. The first-order chi connectivity index (χ1) is 19.0. The van der Waals surface area contributed by atoms with Crippen LogP contribution in [0.1, 0.15) is 22.3 Å². The molecule has 1 heterocycles. The monoisotopic (exact) mass is 533 g/mol. The number of hydrogen-bond acceptors (Lipinski definition) is 4. The molecule has 0 saturated carbocycles. The van der Waals surface area contributed by atoms with Crippen LogP contribution >= 0.6 is 11.8 Å². The molecule has 6 heteroatoms. The predicted octanol–water partition coefficient (Wildman–Crippen LogP) is 6.37. The Bertz CT molecular complexity index is 1630. The van der Waals surface area contributed by atoms with Crippen molar-refractivity contribution < 1.29 is 4.79 Å². The van der Waals surface area contributed by atoms with Gasteiger partial charge in [-0.05, 0) is 66.8 Å². The van der Waals surface area contributed by atoms with Crippen LogP contribution in [0, 0.1) is 13.8 Å². The SMILES string of the molecule is Cc1cc(C)cc(-n2c(SCC(=O)N(CCc3ccccc3)Cc3ccccc3)nc3ccccc3c2=O)c1. The maximum atomic E-state index is 13.7. The fourth-order valence-corrected chi connectivity index (χ4v) is 5.65. The molecular formula is C33H31N3O2S. The molecule has 0 N–H and O–H groups in total. The summed E-state index contributed by atoms with van der Waals surface area (Å²) in [4.78, 5) is 34.0. The molecule has 0 aliphatic rings. The summed E-state index contributed by atoms with van der Waals surface area (Å²) in [5.74, 6) is 0.186. The number of carbonyl (C=O) groups is 1. The molecule has 0 spiro atoms. The highest BCUT2D eigenvalue weighted by Crippen LogP contribution is 2.23. The van der Waals surface area contributed by atoms with Crippen molar-refractivity contribution >= 4 is 28.6 Å². The van der Waals surface area contributed by atoms with Crippen LogP contribution < -0.4 is 5.56 Å². The summed E-state index contributed by atoms with van der Waals surface area (Å²) in [7, 11) is 0. The predicted molar refractivity (Wildman–Crippen MR) is 160 cm³/mol. The first-order valence-corrected chi connectivity index (χ1v) is 14.1. The minimum Gasteiger partial charge on any atom is -0.337 e. The van der Waals surface area contributed by atoms with Crippen molar-refractivity contribution in [3.05, 3.63) is 136 Å². The van der Waals surface area contributed by atoms with Gasteiger partial charge in [0.2, 0.25) is 5.91 Å². The van der Waals surface area contributed by atoms with Gasteiger partial charge in [0.05, 0.1) is 22.3 Å². The van der Waals surface area contributed by atoms with Gasteiger partial charge in [-0.2, -0.15) is 0 Å². The lowest BCUT2D eigenvalue weighted by molar-refractivity contribution is -0.128. The van der Waals surface area contributed by atoms with E-state index in [1.165, 1.54) is 17.3 Å². The van der Waals surface area contributed by atoms with Gasteiger partial charge in [-0.1, -0.05) is 90.6 Å². The fourth-order valence-electron chi connectivity index (χ4n) is 4.74. The lowest BCUT2D eigenvalue weighted by Crippen LogP contribution is -2.34. The van der Waals surface area contributed by atoms with Gasteiger partial charge in [0.25, 0.3) is 5.56 Å². The van der Waals surface area contributed by atoms with Crippen molar-refractivity contribution in [2.45, 2.75) is 32.0 Å². The van der Waals surface area contributed by atoms with E-state index in [4.69, 9.17) is 4.98 Å². The first-order valence-electron chi connectivity index (χ1n) is 13.1. The number of aromatic nitrogens is 2.